The summed E-state index contributed by atoms with van der Waals surface area (Å²) in [5.74, 6) is 0.180. The van der Waals surface area contributed by atoms with Crippen LogP contribution in [-0.4, -0.2) is 75.7 Å². The highest BCUT2D eigenvalue weighted by Crippen LogP contribution is 2.40. The topological polar surface area (TPSA) is 144 Å². The van der Waals surface area contributed by atoms with Gasteiger partial charge in [0.25, 0.3) is 0 Å². The first-order chi connectivity index (χ1) is 15.8. The van der Waals surface area contributed by atoms with Crippen molar-refractivity contribution in [1.29, 1.82) is 0 Å². The van der Waals surface area contributed by atoms with Gasteiger partial charge in [0.1, 0.15) is 12.1 Å². The molecule has 1 saturated carbocycles. The molecule has 0 spiro atoms. The fraction of sp³-hybridized carbons (Fsp3) is 0.773. The molecule has 2 aliphatic rings. The lowest BCUT2D eigenvalue weighted by Gasteiger charge is -2.34. The number of tetrazole rings is 1. The van der Waals surface area contributed by atoms with Crippen molar-refractivity contribution in [1.82, 2.24) is 45.4 Å². The molecule has 1 aliphatic carbocycles. The highest BCUT2D eigenvalue weighted by atomic mass is 16.3. The third-order valence-corrected chi connectivity index (χ3v) is 6.18. The summed E-state index contributed by atoms with van der Waals surface area (Å²) >= 11 is 0. The van der Waals surface area contributed by atoms with E-state index in [9.17, 15) is 14.7 Å². The second kappa shape index (κ2) is 8.71. The minimum absolute atomic E-state index is 0.0834. The number of carbonyl (C=O) groups excluding carboxylic acids is 2. The number of hydrogen-bond acceptors (Lipinski definition) is 8. The summed E-state index contributed by atoms with van der Waals surface area (Å²) in [6.45, 7) is 11.9. The van der Waals surface area contributed by atoms with E-state index in [1.165, 1.54) is 9.70 Å². The predicted octanol–water partition coefficient (Wildman–Crippen LogP) is 0.762. The average Bonchev–Trinajstić information content (AvgIpc) is 3.13. The van der Waals surface area contributed by atoms with E-state index in [1.54, 1.807) is 4.68 Å². The van der Waals surface area contributed by atoms with Gasteiger partial charge in [-0.2, -0.15) is 4.80 Å². The lowest BCUT2D eigenvalue weighted by Crippen LogP contribution is -2.50. The minimum Gasteiger partial charge on any atom is -0.391 e. The van der Waals surface area contributed by atoms with Crippen LogP contribution >= 0.6 is 0 Å². The summed E-state index contributed by atoms with van der Waals surface area (Å²) in [7, 11) is 0. The fourth-order valence-electron chi connectivity index (χ4n) is 4.21. The largest absolute Gasteiger partial charge is 0.391 e. The van der Waals surface area contributed by atoms with Crippen molar-refractivity contribution in [2.75, 3.05) is 6.54 Å². The Hall–Kier alpha value is -2.89. The molecule has 34 heavy (non-hydrogen) atoms. The summed E-state index contributed by atoms with van der Waals surface area (Å²) in [6.07, 6.45) is 3.41. The number of likely N-dealkylation sites (tertiary alicyclic amines) is 1. The summed E-state index contributed by atoms with van der Waals surface area (Å²) in [4.78, 5) is 29.8. The maximum absolute atomic E-state index is 13.7. The monoisotopic (exact) mass is 473 g/mol. The molecule has 2 amide bonds. The number of rotatable bonds is 6. The maximum atomic E-state index is 13.7. The Morgan fingerprint density at radius 1 is 1.15 bits per heavy atom. The maximum Gasteiger partial charge on any atom is 0.248 e. The highest BCUT2D eigenvalue weighted by molar-refractivity contribution is 5.90. The number of carbonyl (C=O) groups is 2. The molecule has 2 N–H and O–H groups in total. The smallest absolute Gasteiger partial charge is 0.248 e. The van der Waals surface area contributed by atoms with Crippen LogP contribution in [0.15, 0.2) is 6.20 Å². The first-order valence-corrected chi connectivity index (χ1v) is 11.8. The van der Waals surface area contributed by atoms with Crippen molar-refractivity contribution in [3.05, 3.63) is 17.7 Å². The van der Waals surface area contributed by atoms with Gasteiger partial charge in [-0.25, -0.2) is 4.68 Å². The Bertz CT molecular complexity index is 1040. The SMILES string of the molecule is CC(C)(C)[C@@H](C(=O)N1CC(O)CC1C(=O)NCc1nnn(C(C)(C)C)n1)n1cc(C2CC2)nn1. The molecule has 12 heteroatoms. The zero-order valence-electron chi connectivity index (χ0n) is 20.8. The van der Waals surface area contributed by atoms with Crippen LogP contribution in [0.4, 0.5) is 0 Å². The Balaban J connectivity index is 1.48. The van der Waals surface area contributed by atoms with Crippen LogP contribution in [0.2, 0.25) is 0 Å². The van der Waals surface area contributed by atoms with Gasteiger partial charge in [-0.05, 0) is 44.2 Å². The number of β-amino-alcohol motifs (C(OH)–C–C–N with tert-alkyl or cyclic N) is 1. The Morgan fingerprint density at radius 2 is 1.85 bits per heavy atom. The van der Waals surface area contributed by atoms with Gasteiger partial charge in [0.15, 0.2) is 5.82 Å². The summed E-state index contributed by atoms with van der Waals surface area (Å²) in [6, 6.07) is -1.45. The third-order valence-electron chi connectivity index (χ3n) is 6.18. The van der Waals surface area contributed by atoms with Crippen molar-refractivity contribution in [3.63, 3.8) is 0 Å². The van der Waals surface area contributed by atoms with Crippen molar-refractivity contribution in [3.8, 4) is 0 Å². The Morgan fingerprint density at radius 3 is 2.44 bits per heavy atom. The number of aliphatic hydroxyl groups is 1. The molecule has 1 aliphatic heterocycles. The number of aromatic nitrogens is 7. The van der Waals surface area contributed by atoms with Crippen LogP contribution in [0, 0.1) is 5.41 Å². The van der Waals surface area contributed by atoms with Gasteiger partial charge in [-0.1, -0.05) is 26.0 Å². The number of nitrogens with one attached hydrogen (secondary N) is 1. The van der Waals surface area contributed by atoms with Gasteiger partial charge in [-0.15, -0.1) is 15.3 Å². The molecule has 12 nitrogen and oxygen atoms in total. The van der Waals surface area contributed by atoms with Gasteiger partial charge in [-0.3, -0.25) is 9.59 Å². The standard InChI is InChI=1S/C22H35N9O3/c1-21(2,3)18(30-12-15(24-27-30)13-7-8-13)20(34)29-11-14(32)9-16(29)19(33)23-10-17-25-28-31(26-17)22(4,5)6/h12-14,16,18,32H,7-11H2,1-6H3,(H,23,33)/t14?,16?,18-/m1/s1. The summed E-state index contributed by atoms with van der Waals surface area (Å²) in [5.41, 5.74) is 0.0975. The molecular weight excluding hydrogens is 438 g/mol. The molecular formula is C22H35N9O3. The van der Waals surface area contributed by atoms with Crippen molar-refractivity contribution < 1.29 is 14.7 Å². The van der Waals surface area contributed by atoms with Crippen LogP contribution in [0.1, 0.15) is 84.3 Å². The molecule has 2 aromatic rings. The van der Waals surface area contributed by atoms with Crippen LogP contribution < -0.4 is 5.32 Å². The molecule has 3 heterocycles. The van der Waals surface area contributed by atoms with Gasteiger partial charge in [0.2, 0.25) is 11.8 Å². The zero-order valence-corrected chi connectivity index (χ0v) is 20.8. The first kappa shape index (κ1) is 24.2. The summed E-state index contributed by atoms with van der Waals surface area (Å²) < 4.78 is 1.62. The molecule has 2 aromatic heterocycles. The van der Waals surface area contributed by atoms with E-state index in [2.05, 4.69) is 31.0 Å². The fourth-order valence-corrected chi connectivity index (χ4v) is 4.21. The Kier molecular flexibility index (Phi) is 6.21. The molecule has 1 saturated heterocycles. The van der Waals surface area contributed by atoms with E-state index in [0.717, 1.165) is 18.5 Å². The van der Waals surface area contributed by atoms with Crippen molar-refractivity contribution in [2.24, 2.45) is 5.41 Å². The molecule has 0 bridgehead atoms. The molecule has 2 fully saturated rings. The van der Waals surface area contributed by atoms with Gasteiger partial charge in [0, 0.05) is 25.1 Å². The number of nitrogens with zero attached hydrogens (tertiary/aromatic N) is 8. The number of hydrogen-bond donors (Lipinski definition) is 2. The first-order valence-electron chi connectivity index (χ1n) is 11.8. The lowest BCUT2D eigenvalue weighted by atomic mass is 9.85. The van der Waals surface area contributed by atoms with Crippen LogP contribution in [0.25, 0.3) is 0 Å². The normalized spacial score (nSPS) is 22.1. The zero-order chi connectivity index (χ0) is 24.8. The van der Waals surface area contributed by atoms with Crippen molar-refractivity contribution >= 4 is 11.8 Å². The second-order valence-electron chi connectivity index (χ2n) is 11.4. The van der Waals surface area contributed by atoms with Crippen LogP contribution in [0.3, 0.4) is 0 Å². The average molecular weight is 474 g/mol. The van der Waals surface area contributed by atoms with Crippen LogP contribution in [0.5, 0.6) is 0 Å². The molecule has 0 radical (unpaired) electrons. The van der Waals surface area contributed by atoms with Gasteiger partial charge >= 0.3 is 0 Å². The van der Waals surface area contributed by atoms with E-state index in [1.807, 2.05) is 47.7 Å². The summed E-state index contributed by atoms with van der Waals surface area (Å²) in [5, 5.41) is 34.0. The predicted molar refractivity (Wildman–Crippen MR) is 121 cm³/mol. The molecule has 2 unspecified atom stereocenters. The molecule has 186 valence electrons. The second-order valence-corrected chi connectivity index (χ2v) is 11.4. The molecule has 4 rings (SSSR count). The molecule has 0 aromatic carbocycles. The van der Waals surface area contributed by atoms with E-state index in [0.29, 0.717) is 11.7 Å². The lowest BCUT2D eigenvalue weighted by molar-refractivity contribution is -0.144. The van der Waals surface area contributed by atoms with E-state index < -0.39 is 23.6 Å². The number of amides is 2. The van der Waals surface area contributed by atoms with Gasteiger partial charge < -0.3 is 15.3 Å². The highest BCUT2D eigenvalue weighted by Gasteiger charge is 2.45. The van der Waals surface area contributed by atoms with E-state index in [-0.39, 0.29) is 36.9 Å². The van der Waals surface area contributed by atoms with Crippen LogP contribution in [-0.2, 0) is 21.7 Å². The Labute approximate surface area is 199 Å². The quantitative estimate of drug-likeness (QED) is 0.626. The molecule has 3 atom stereocenters. The van der Waals surface area contributed by atoms with Crippen molar-refractivity contribution in [2.45, 2.75) is 97.0 Å². The number of aliphatic hydroxyl groups excluding tert-OH is 1. The third kappa shape index (κ3) is 5.11. The van der Waals surface area contributed by atoms with Gasteiger partial charge in [0.05, 0.1) is 23.9 Å². The van der Waals surface area contributed by atoms with E-state index in [4.69, 9.17) is 0 Å². The minimum atomic E-state index is -0.795. The van der Waals surface area contributed by atoms with E-state index >= 15 is 0 Å².